The van der Waals surface area contributed by atoms with Gasteiger partial charge in [-0.25, -0.2) is 0 Å². The lowest BCUT2D eigenvalue weighted by atomic mass is 10.1. The summed E-state index contributed by atoms with van der Waals surface area (Å²) in [5.41, 5.74) is -4.07. The van der Waals surface area contributed by atoms with Crippen molar-refractivity contribution < 1.29 is 13.2 Å². The maximum Gasteiger partial charge on any atom is 0.441 e. The molecule has 1 N–H and O–H groups in total. The molecule has 0 bridgehead atoms. The van der Waals surface area contributed by atoms with Crippen LogP contribution in [0.4, 0.5) is 13.2 Å². The number of rotatable bonds is 8. The van der Waals surface area contributed by atoms with Gasteiger partial charge in [0.1, 0.15) is 0 Å². The van der Waals surface area contributed by atoms with Gasteiger partial charge < -0.3 is 5.32 Å². The number of thioether (sulfide) groups is 1. The molecular weight excluding hydrogens is 235 g/mol. The predicted molar refractivity (Wildman–Crippen MR) is 64.6 cm³/mol. The average molecular weight is 257 g/mol. The SMILES string of the molecule is CC(C)CNCC(C)CCCSC(F)(F)F. The summed E-state index contributed by atoms with van der Waals surface area (Å²) in [5, 5.41) is 3.31. The molecule has 98 valence electrons. The molecule has 1 unspecified atom stereocenters. The molecule has 1 nitrogen and oxygen atoms in total. The molecule has 0 aromatic carbocycles. The highest BCUT2D eigenvalue weighted by Crippen LogP contribution is 2.30. The van der Waals surface area contributed by atoms with E-state index in [-0.39, 0.29) is 17.5 Å². The maximum atomic E-state index is 11.8. The zero-order valence-corrected chi connectivity index (χ0v) is 11.0. The first-order chi connectivity index (χ1) is 7.31. The molecule has 0 aromatic heterocycles. The third-order valence-electron chi connectivity index (χ3n) is 2.15. The van der Waals surface area contributed by atoms with Crippen molar-refractivity contribution in [1.29, 1.82) is 0 Å². The lowest BCUT2D eigenvalue weighted by Crippen LogP contribution is -2.25. The van der Waals surface area contributed by atoms with Gasteiger partial charge in [0.25, 0.3) is 0 Å². The van der Waals surface area contributed by atoms with E-state index in [0.717, 1.165) is 19.5 Å². The average Bonchev–Trinajstić information content (AvgIpc) is 2.10. The molecule has 0 saturated heterocycles. The van der Waals surface area contributed by atoms with E-state index in [1.54, 1.807) is 0 Å². The van der Waals surface area contributed by atoms with Gasteiger partial charge in [0, 0.05) is 5.75 Å². The fraction of sp³-hybridized carbons (Fsp3) is 1.00. The summed E-state index contributed by atoms with van der Waals surface area (Å²) in [6.45, 7) is 8.22. The smallest absolute Gasteiger partial charge is 0.316 e. The van der Waals surface area contributed by atoms with Gasteiger partial charge in [-0.1, -0.05) is 32.5 Å². The van der Waals surface area contributed by atoms with Crippen LogP contribution in [0.2, 0.25) is 0 Å². The van der Waals surface area contributed by atoms with E-state index in [0.29, 0.717) is 18.3 Å². The first kappa shape index (κ1) is 16.1. The van der Waals surface area contributed by atoms with Crippen molar-refractivity contribution in [3.63, 3.8) is 0 Å². The standard InChI is InChI=1S/C11H22F3NS/c1-9(2)7-15-8-10(3)5-4-6-16-11(12,13)14/h9-10,15H,4-8H2,1-3H3. The van der Waals surface area contributed by atoms with E-state index < -0.39 is 5.51 Å². The van der Waals surface area contributed by atoms with Gasteiger partial charge in [-0.2, -0.15) is 13.2 Å². The van der Waals surface area contributed by atoms with Gasteiger partial charge in [-0.15, -0.1) is 0 Å². The van der Waals surface area contributed by atoms with E-state index >= 15 is 0 Å². The van der Waals surface area contributed by atoms with Crippen molar-refractivity contribution in [2.24, 2.45) is 11.8 Å². The third-order valence-corrected chi connectivity index (χ3v) is 2.97. The minimum Gasteiger partial charge on any atom is -0.316 e. The summed E-state index contributed by atoms with van der Waals surface area (Å²) in [7, 11) is 0. The van der Waals surface area contributed by atoms with Crippen LogP contribution >= 0.6 is 11.8 Å². The normalized spacial score (nSPS) is 14.4. The Kier molecular flexibility index (Phi) is 8.28. The van der Waals surface area contributed by atoms with E-state index in [4.69, 9.17) is 0 Å². The minimum atomic E-state index is -4.07. The Labute approximate surface area is 101 Å². The predicted octanol–water partition coefficient (Wildman–Crippen LogP) is 3.90. The summed E-state index contributed by atoms with van der Waals surface area (Å²) in [5.74, 6) is 1.25. The second kappa shape index (κ2) is 8.23. The molecule has 0 rings (SSSR count). The molecule has 0 aliphatic carbocycles. The summed E-state index contributed by atoms with van der Waals surface area (Å²) >= 11 is 0.0839. The van der Waals surface area contributed by atoms with Crippen molar-refractivity contribution in [2.75, 3.05) is 18.8 Å². The first-order valence-electron chi connectivity index (χ1n) is 5.72. The maximum absolute atomic E-state index is 11.8. The quantitative estimate of drug-likeness (QED) is 0.662. The number of alkyl halides is 3. The van der Waals surface area contributed by atoms with Gasteiger partial charge in [-0.3, -0.25) is 0 Å². The van der Waals surface area contributed by atoms with Gasteiger partial charge in [-0.05, 0) is 37.8 Å². The highest BCUT2D eigenvalue weighted by Gasteiger charge is 2.27. The third kappa shape index (κ3) is 12.2. The Morgan fingerprint density at radius 1 is 1.12 bits per heavy atom. The van der Waals surface area contributed by atoms with Crippen LogP contribution in [0.3, 0.4) is 0 Å². The molecule has 0 saturated carbocycles. The molecule has 5 heteroatoms. The molecule has 0 aromatic rings. The monoisotopic (exact) mass is 257 g/mol. The molecule has 0 fully saturated rings. The van der Waals surface area contributed by atoms with Crippen LogP contribution < -0.4 is 5.32 Å². The molecule has 0 aliphatic heterocycles. The van der Waals surface area contributed by atoms with Crippen molar-refractivity contribution in [1.82, 2.24) is 5.32 Å². The molecule has 0 aliphatic rings. The first-order valence-corrected chi connectivity index (χ1v) is 6.71. The van der Waals surface area contributed by atoms with Crippen LogP contribution in [0, 0.1) is 11.8 Å². The van der Waals surface area contributed by atoms with E-state index in [1.165, 1.54) is 0 Å². The van der Waals surface area contributed by atoms with Crippen LogP contribution in [-0.4, -0.2) is 24.4 Å². The van der Waals surface area contributed by atoms with Crippen LogP contribution in [0.25, 0.3) is 0 Å². The molecular formula is C11H22F3NS. The Morgan fingerprint density at radius 3 is 2.25 bits per heavy atom. The van der Waals surface area contributed by atoms with Gasteiger partial charge in [0.15, 0.2) is 0 Å². The zero-order chi connectivity index (χ0) is 12.6. The second-order valence-corrected chi connectivity index (χ2v) is 5.75. The van der Waals surface area contributed by atoms with Gasteiger partial charge in [0.05, 0.1) is 0 Å². The lowest BCUT2D eigenvalue weighted by Gasteiger charge is -2.14. The number of hydrogen-bond acceptors (Lipinski definition) is 2. The largest absolute Gasteiger partial charge is 0.441 e. The molecule has 0 amide bonds. The van der Waals surface area contributed by atoms with Crippen molar-refractivity contribution in [2.45, 2.75) is 39.1 Å². The highest BCUT2D eigenvalue weighted by molar-refractivity contribution is 8.00. The number of hydrogen-bond donors (Lipinski definition) is 1. The summed E-state index contributed by atoms with van der Waals surface area (Å²) < 4.78 is 35.5. The van der Waals surface area contributed by atoms with Gasteiger partial charge in [0.2, 0.25) is 0 Å². The number of nitrogens with one attached hydrogen (secondary N) is 1. The summed E-state index contributed by atoms with van der Waals surface area (Å²) in [6.07, 6.45) is 1.49. The minimum absolute atomic E-state index is 0.0839. The highest BCUT2D eigenvalue weighted by atomic mass is 32.2. The van der Waals surface area contributed by atoms with Crippen molar-refractivity contribution in [3.05, 3.63) is 0 Å². The van der Waals surface area contributed by atoms with Crippen LogP contribution in [0.1, 0.15) is 33.6 Å². The molecule has 0 radical (unpaired) electrons. The molecule has 16 heavy (non-hydrogen) atoms. The topological polar surface area (TPSA) is 12.0 Å². The van der Waals surface area contributed by atoms with Crippen LogP contribution in [0.15, 0.2) is 0 Å². The van der Waals surface area contributed by atoms with Crippen LogP contribution in [-0.2, 0) is 0 Å². The van der Waals surface area contributed by atoms with E-state index in [2.05, 4.69) is 26.1 Å². The Morgan fingerprint density at radius 2 is 1.75 bits per heavy atom. The summed E-state index contributed by atoms with van der Waals surface area (Å²) in [4.78, 5) is 0. The Bertz CT molecular complexity index is 171. The fourth-order valence-corrected chi connectivity index (χ4v) is 1.88. The van der Waals surface area contributed by atoms with Crippen LogP contribution in [0.5, 0.6) is 0 Å². The van der Waals surface area contributed by atoms with E-state index in [1.807, 2.05) is 0 Å². The molecule has 0 heterocycles. The Hall–Kier alpha value is 0.100. The molecule has 0 spiro atoms. The van der Waals surface area contributed by atoms with Crippen molar-refractivity contribution in [3.8, 4) is 0 Å². The lowest BCUT2D eigenvalue weighted by molar-refractivity contribution is -0.0328. The van der Waals surface area contributed by atoms with E-state index in [9.17, 15) is 13.2 Å². The van der Waals surface area contributed by atoms with Gasteiger partial charge >= 0.3 is 5.51 Å². The van der Waals surface area contributed by atoms with Crippen molar-refractivity contribution >= 4 is 11.8 Å². The number of halogens is 3. The zero-order valence-electron chi connectivity index (χ0n) is 10.2. The molecule has 1 atom stereocenters. The fourth-order valence-electron chi connectivity index (χ4n) is 1.34. The summed E-state index contributed by atoms with van der Waals surface area (Å²) in [6, 6.07) is 0. The Balaban J connectivity index is 3.34. The second-order valence-electron chi connectivity index (χ2n) is 4.59.